The molecule has 1 N–H and O–H groups in total. The average Bonchev–Trinajstić information content (AvgIpc) is 3.07. The highest BCUT2D eigenvalue weighted by atomic mass is 32.2. The monoisotopic (exact) mass is 410 g/mol. The van der Waals surface area contributed by atoms with E-state index in [4.69, 9.17) is 0 Å². The second-order valence-corrected chi connectivity index (χ2v) is 8.86. The second kappa shape index (κ2) is 7.65. The van der Waals surface area contributed by atoms with E-state index in [0.717, 1.165) is 10.3 Å². The predicted molar refractivity (Wildman–Crippen MR) is 98.6 cm³/mol. The molecule has 1 aromatic rings. The fourth-order valence-corrected chi connectivity index (χ4v) is 4.68. The van der Waals surface area contributed by atoms with Crippen LogP contribution >= 0.6 is 11.8 Å². The lowest BCUT2D eigenvalue weighted by molar-refractivity contribution is -0.124. The smallest absolute Gasteiger partial charge is 0.293 e. The van der Waals surface area contributed by atoms with Crippen molar-refractivity contribution < 1.29 is 27.2 Å². The van der Waals surface area contributed by atoms with Gasteiger partial charge in [0.25, 0.3) is 11.1 Å². The van der Waals surface area contributed by atoms with E-state index in [-0.39, 0.29) is 29.2 Å². The number of hydrogen-bond acceptors (Lipinski definition) is 6. The number of rotatable bonds is 5. The normalized spacial score (nSPS) is 22.6. The Balaban J connectivity index is 1.59. The van der Waals surface area contributed by atoms with Gasteiger partial charge in [0.2, 0.25) is 5.91 Å². The lowest BCUT2D eigenvalue weighted by atomic mass is 10.2. The fourth-order valence-electron chi connectivity index (χ4n) is 2.58. The van der Waals surface area contributed by atoms with E-state index in [1.54, 1.807) is 6.07 Å². The van der Waals surface area contributed by atoms with Crippen molar-refractivity contribution in [1.29, 1.82) is 0 Å². The first-order chi connectivity index (χ1) is 12.7. The van der Waals surface area contributed by atoms with Crippen molar-refractivity contribution in [3.05, 3.63) is 52.0 Å². The molecule has 0 unspecified atom stereocenters. The molecule has 7 nitrogen and oxygen atoms in total. The van der Waals surface area contributed by atoms with Crippen LogP contribution in [0.2, 0.25) is 0 Å². The molecule has 2 heterocycles. The van der Waals surface area contributed by atoms with Crippen LogP contribution in [-0.2, 0) is 19.4 Å². The summed E-state index contributed by atoms with van der Waals surface area (Å²) in [6.45, 7) is -0.145. The summed E-state index contributed by atoms with van der Waals surface area (Å²) in [7, 11) is -3.29. The highest BCUT2D eigenvalue weighted by Gasteiger charge is 2.35. The molecule has 10 heteroatoms. The lowest BCUT2D eigenvalue weighted by Gasteiger charge is -2.14. The number of nitrogens with zero attached hydrogens (tertiary/aromatic N) is 1. The Hall–Kier alpha value is -2.46. The Morgan fingerprint density at radius 3 is 2.74 bits per heavy atom. The average molecular weight is 410 g/mol. The van der Waals surface area contributed by atoms with Crippen molar-refractivity contribution >= 4 is 44.7 Å². The van der Waals surface area contributed by atoms with Crippen LogP contribution in [0.25, 0.3) is 6.08 Å². The molecule has 3 rings (SSSR count). The summed E-state index contributed by atoms with van der Waals surface area (Å²) in [6.07, 6.45) is 2.52. The molecule has 0 saturated carbocycles. The molecule has 1 fully saturated rings. The van der Waals surface area contributed by atoms with E-state index in [2.05, 4.69) is 5.32 Å². The molecule has 0 aromatic heterocycles. The van der Waals surface area contributed by atoms with E-state index in [1.165, 1.54) is 30.4 Å². The van der Waals surface area contributed by atoms with Gasteiger partial charge in [-0.05, 0) is 30.0 Å². The predicted octanol–water partition coefficient (Wildman–Crippen LogP) is 1.68. The maximum atomic E-state index is 13.7. The molecular formula is C17H15FN2O5S2. The molecule has 0 spiro atoms. The first-order valence-electron chi connectivity index (χ1n) is 7.95. The molecule has 27 heavy (non-hydrogen) atoms. The van der Waals surface area contributed by atoms with Gasteiger partial charge in [-0.1, -0.05) is 18.2 Å². The largest absolute Gasteiger partial charge is 0.349 e. The molecule has 0 bridgehead atoms. The summed E-state index contributed by atoms with van der Waals surface area (Å²) in [5, 5.41) is 3.02. The third kappa shape index (κ3) is 4.64. The number of benzene rings is 1. The van der Waals surface area contributed by atoms with Crippen molar-refractivity contribution in [1.82, 2.24) is 10.2 Å². The third-order valence-corrected chi connectivity index (χ3v) is 6.21. The van der Waals surface area contributed by atoms with Gasteiger partial charge in [-0.3, -0.25) is 19.3 Å². The van der Waals surface area contributed by atoms with E-state index in [0.29, 0.717) is 11.8 Å². The van der Waals surface area contributed by atoms with Gasteiger partial charge in [0.15, 0.2) is 9.84 Å². The Bertz CT molecular complexity index is 971. The number of nitrogens with one attached hydrogen (secondary N) is 1. The van der Waals surface area contributed by atoms with Crippen molar-refractivity contribution in [3.63, 3.8) is 0 Å². The molecule has 1 saturated heterocycles. The molecule has 142 valence electrons. The Morgan fingerprint density at radius 1 is 1.33 bits per heavy atom. The van der Waals surface area contributed by atoms with Crippen LogP contribution < -0.4 is 5.32 Å². The van der Waals surface area contributed by atoms with Gasteiger partial charge in [0, 0.05) is 23.9 Å². The Kier molecular flexibility index (Phi) is 5.47. The summed E-state index contributed by atoms with van der Waals surface area (Å²) < 4.78 is 36.3. The van der Waals surface area contributed by atoms with Crippen LogP contribution in [-0.4, -0.2) is 48.7 Å². The quantitative estimate of drug-likeness (QED) is 0.742. The number of hydrogen-bond donors (Lipinski definition) is 1. The summed E-state index contributed by atoms with van der Waals surface area (Å²) >= 11 is 0.679. The highest BCUT2D eigenvalue weighted by molar-refractivity contribution is 8.18. The summed E-state index contributed by atoms with van der Waals surface area (Å²) in [5.41, 5.74) is 0.190. The molecule has 0 radical (unpaired) electrons. The van der Waals surface area contributed by atoms with Gasteiger partial charge < -0.3 is 5.32 Å². The van der Waals surface area contributed by atoms with E-state index in [9.17, 15) is 27.2 Å². The first kappa shape index (κ1) is 19.3. The summed E-state index contributed by atoms with van der Waals surface area (Å²) in [4.78, 5) is 37.3. The lowest BCUT2D eigenvalue weighted by Crippen LogP contribution is -2.38. The number of carbonyl (C=O) groups excluding carboxylic acids is 3. The van der Waals surface area contributed by atoms with Crippen LogP contribution in [0.3, 0.4) is 0 Å². The van der Waals surface area contributed by atoms with Crippen molar-refractivity contribution in [2.24, 2.45) is 0 Å². The minimum Gasteiger partial charge on any atom is -0.349 e. The van der Waals surface area contributed by atoms with Crippen LogP contribution in [0.1, 0.15) is 12.0 Å². The van der Waals surface area contributed by atoms with E-state index in [1.807, 2.05) is 0 Å². The number of carbonyl (C=O) groups is 3. The van der Waals surface area contributed by atoms with Gasteiger partial charge in [-0.2, -0.15) is 0 Å². The van der Waals surface area contributed by atoms with Crippen molar-refractivity contribution in [3.8, 4) is 0 Å². The zero-order chi connectivity index (χ0) is 19.6. The summed E-state index contributed by atoms with van der Waals surface area (Å²) in [6, 6.07) is 5.25. The molecule has 3 amide bonds. The first-order valence-corrected chi connectivity index (χ1v) is 10.5. The Labute approximate surface area is 159 Å². The minimum atomic E-state index is -3.29. The minimum absolute atomic E-state index is 0.0790. The van der Waals surface area contributed by atoms with Gasteiger partial charge >= 0.3 is 0 Å². The second-order valence-electron chi connectivity index (χ2n) is 5.94. The third-order valence-electron chi connectivity index (χ3n) is 3.90. The maximum absolute atomic E-state index is 13.7. The van der Waals surface area contributed by atoms with Crippen molar-refractivity contribution in [2.45, 2.75) is 12.5 Å². The molecule has 1 atom stereocenters. The van der Waals surface area contributed by atoms with Gasteiger partial charge in [-0.25, -0.2) is 12.8 Å². The van der Waals surface area contributed by atoms with Crippen LogP contribution in [0.4, 0.5) is 9.18 Å². The number of imide groups is 1. The number of amides is 3. The van der Waals surface area contributed by atoms with E-state index < -0.39 is 38.7 Å². The Morgan fingerprint density at radius 2 is 2.07 bits per heavy atom. The number of thioether (sulfide) groups is 1. The van der Waals surface area contributed by atoms with Gasteiger partial charge in [-0.15, -0.1) is 0 Å². The van der Waals surface area contributed by atoms with Gasteiger partial charge in [0.1, 0.15) is 5.82 Å². The molecular weight excluding hydrogens is 395 g/mol. The van der Waals surface area contributed by atoms with Crippen LogP contribution in [0, 0.1) is 5.82 Å². The van der Waals surface area contributed by atoms with Crippen molar-refractivity contribution in [2.75, 3.05) is 12.3 Å². The topological polar surface area (TPSA) is 101 Å². The highest BCUT2D eigenvalue weighted by Crippen LogP contribution is 2.32. The summed E-state index contributed by atoms with van der Waals surface area (Å²) in [5.74, 6) is -1.78. The maximum Gasteiger partial charge on any atom is 0.293 e. The standard InChI is InChI=1S/C17H15FN2O5S2/c18-13-4-2-1-3-11(13)9-14-16(22)20(17(23)26-14)7-5-15(21)19-12-6-8-27(24,25)10-12/h1-4,6,8-9,12H,5,7,10H2,(H,19,21)/b14-9+/t12-/m0/s1. The van der Waals surface area contributed by atoms with E-state index >= 15 is 0 Å². The number of halogens is 1. The molecule has 1 aromatic carbocycles. The number of sulfone groups is 1. The molecule has 2 aliphatic heterocycles. The van der Waals surface area contributed by atoms with Gasteiger partial charge in [0.05, 0.1) is 16.7 Å². The van der Waals surface area contributed by atoms with Crippen LogP contribution in [0.5, 0.6) is 0 Å². The molecule has 2 aliphatic rings. The molecule has 0 aliphatic carbocycles. The SMILES string of the molecule is O=C(CCN1C(=O)S/C(=C/c2ccccc2F)C1=O)N[C@H]1C=CS(=O)(=O)C1. The zero-order valence-electron chi connectivity index (χ0n) is 13.9. The van der Waals surface area contributed by atoms with Crippen LogP contribution in [0.15, 0.2) is 40.7 Å². The fraction of sp³-hybridized carbons (Fsp3) is 0.235. The zero-order valence-corrected chi connectivity index (χ0v) is 15.6.